The second-order valence-corrected chi connectivity index (χ2v) is 5.96. The number of halogens is 2. The number of anilines is 1. The molecule has 0 aliphatic carbocycles. The minimum Gasteiger partial charge on any atom is -1.00 e. The molecule has 1 fully saturated rings. The Morgan fingerprint density at radius 1 is 1.00 bits per heavy atom. The first-order chi connectivity index (χ1) is 10.2. The van der Waals surface area contributed by atoms with Gasteiger partial charge in [0.05, 0.1) is 7.05 Å². The van der Waals surface area contributed by atoms with E-state index >= 15 is 0 Å². The standard InChI is InChI=1S/C17H21N3O.2ClH/c1-19-9-11-20(12-10-19)13-17(21)18-16-8-4-6-14-5-2-3-7-15(14)16;;/h2-8H,9-13H2,1H3,(H,18,21);2*1H. The van der Waals surface area contributed by atoms with Crippen molar-refractivity contribution in [3.63, 3.8) is 0 Å². The third-order valence-corrected chi connectivity index (χ3v) is 4.28. The molecule has 23 heavy (non-hydrogen) atoms. The SMILES string of the molecule is C[NH+]1CC[NH+](CC(=O)Nc2cccc3ccccc23)CC1.[Cl-].[Cl-]. The van der Waals surface area contributed by atoms with Crippen molar-refractivity contribution in [2.24, 2.45) is 0 Å². The van der Waals surface area contributed by atoms with Crippen LogP contribution in [0.25, 0.3) is 10.8 Å². The van der Waals surface area contributed by atoms with Crippen LogP contribution in [0.3, 0.4) is 0 Å². The number of nitrogens with one attached hydrogen (secondary N) is 3. The van der Waals surface area contributed by atoms with Crippen LogP contribution in [0.5, 0.6) is 0 Å². The number of piperazine rings is 1. The number of carbonyl (C=O) groups is 1. The molecule has 4 nitrogen and oxygen atoms in total. The average Bonchev–Trinajstić information content (AvgIpc) is 2.50. The van der Waals surface area contributed by atoms with Gasteiger partial charge in [0, 0.05) is 11.1 Å². The predicted molar refractivity (Wildman–Crippen MR) is 84.8 cm³/mol. The van der Waals surface area contributed by atoms with Gasteiger partial charge >= 0.3 is 0 Å². The van der Waals surface area contributed by atoms with Crippen molar-refractivity contribution in [1.82, 2.24) is 0 Å². The summed E-state index contributed by atoms with van der Waals surface area (Å²) >= 11 is 0. The van der Waals surface area contributed by atoms with E-state index in [1.807, 2.05) is 24.3 Å². The van der Waals surface area contributed by atoms with E-state index < -0.39 is 0 Å². The molecule has 0 spiro atoms. The molecular weight excluding hydrogens is 333 g/mol. The quantitative estimate of drug-likeness (QED) is 0.503. The van der Waals surface area contributed by atoms with E-state index in [2.05, 4.69) is 30.6 Å². The van der Waals surface area contributed by atoms with Gasteiger partial charge in [-0.05, 0) is 11.5 Å². The van der Waals surface area contributed by atoms with Gasteiger partial charge in [-0.1, -0.05) is 36.4 Å². The Bertz CT molecular complexity index is 637. The van der Waals surface area contributed by atoms with Crippen molar-refractivity contribution in [3.8, 4) is 0 Å². The Kier molecular flexibility index (Phi) is 7.79. The minimum absolute atomic E-state index is 0. The van der Waals surface area contributed by atoms with Crippen molar-refractivity contribution in [3.05, 3.63) is 42.5 Å². The van der Waals surface area contributed by atoms with E-state index in [1.54, 1.807) is 4.90 Å². The van der Waals surface area contributed by atoms with E-state index in [-0.39, 0.29) is 30.7 Å². The van der Waals surface area contributed by atoms with Crippen LogP contribution in [0.2, 0.25) is 0 Å². The molecular formula is C17H23Cl2N3O. The summed E-state index contributed by atoms with van der Waals surface area (Å²) in [6.45, 7) is 5.02. The lowest BCUT2D eigenvalue weighted by Crippen LogP contribution is -3.27. The summed E-state index contributed by atoms with van der Waals surface area (Å²) in [7, 11) is 2.22. The third-order valence-electron chi connectivity index (χ3n) is 4.28. The van der Waals surface area contributed by atoms with Gasteiger partial charge in [-0.2, -0.15) is 0 Å². The Labute approximate surface area is 149 Å². The van der Waals surface area contributed by atoms with E-state index in [1.165, 1.54) is 4.90 Å². The highest BCUT2D eigenvalue weighted by Gasteiger charge is 2.22. The van der Waals surface area contributed by atoms with Crippen LogP contribution in [0.1, 0.15) is 0 Å². The van der Waals surface area contributed by atoms with Gasteiger partial charge in [0.1, 0.15) is 26.2 Å². The number of rotatable bonds is 3. The predicted octanol–water partition coefficient (Wildman–Crippen LogP) is -6.80. The minimum atomic E-state index is 0. The first kappa shape index (κ1) is 19.7. The largest absolute Gasteiger partial charge is 1.00 e. The highest BCUT2D eigenvalue weighted by Crippen LogP contribution is 2.22. The molecule has 3 N–H and O–H groups in total. The summed E-state index contributed by atoms with van der Waals surface area (Å²) < 4.78 is 0. The number of quaternary nitrogens is 2. The zero-order valence-electron chi connectivity index (χ0n) is 13.2. The van der Waals surface area contributed by atoms with Crippen LogP contribution in [-0.4, -0.2) is 45.7 Å². The van der Waals surface area contributed by atoms with Gasteiger partial charge in [0.2, 0.25) is 0 Å². The highest BCUT2D eigenvalue weighted by atomic mass is 35.5. The molecule has 0 atom stereocenters. The van der Waals surface area contributed by atoms with Gasteiger partial charge in [0.25, 0.3) is 5.91 Å². The number of hydrogen-bond acceptors (Lipinski definition) is 1. The number of likely N-dealkylation sites (N-methyl/N-ethyl adjacent to an activating group) is 1. The van der Waals surface area contributed by atoms with Crippen LogP contribution in [0, 0.1) is 0 Å². The molecule has 1 heterocycles. The molecule has 0 bridgehead atoms. The number of hydrogen-bond donors (Lipinski definition) is 3. The summed E-state index contributed by atoms with van der Waals surface area (Å²) in [5.74, 6) is 0.112. The zero-order valence-corrected chi connectivity index (χ0v) is 14.8. The second kappa shape index (κ2) is 9.08. The van der Waals surface area contributed by atoms with Crippen LogP contribution >= 0.6 is 0 Å². The van der Waals surface area contributed by atoms with Gasteiger partial charge in [0.15, 0.2) is 6.54 Å². The van der Waals surface area contributed by atoms with Crippen molar-refractivity contribution < 1.29 is 39.4 Å². The maximum Gasteiger partial charge on any atom is 0.279 e. The topological polar surface area (TPSA) is 38.0 Å². The van der Waals surface area contributed by atoms with Gasteiger partial charge < -0.3 is 39.9 Å². The number of fused-ring (bicyclic) bond motifs is 1. The lowest BCUT2D eigenvalue weighted by molar-refractivity contribution is -0.999. The Hall–Kier alpha value is -1.33. The first-order valence-electron chi connectivity index (χ1n) is 7.65. The molecule has 2 aromatic rings. The summed E-state index contributed by atoms with van der Waals surface area (Å²) in [4.78, 5) is 15.2. The van der Waals surface area contributed by atoms with Crippen LogP contribution in [-0.2, 0) is 4.79 Å². The zero-order chi connectivity index (χ0) is 14.7. The van der Waals surface area contributed by atoms with Crippen molar-refractivity contribution in [1.29, 1.82) is 0 Å². The molecule has 1 aliphatic heterocycles. The van der Waals surface area contributed by atoms with E-state index in [9.17, 15) is 4.79 Å². The molecule has 2 aromatic carbocycles. The van der Waals surface area contributed by atoms with Gasteiger partial charge in [-0.3, -0.25) is 4.79 Å². The molecule has 1 amide bonds. The van der Waals surface area contributed by atoms with Gasteiger partial charge in [-0.15, -0.1) is 0 Å². The molecule has 1 saturated heterocycles. The summed E-state index contributed by atoms with van der Waals surface area (Å²) in [5.41, 5.74) is 0.914. The number of benzene rings is 2. The van der Waals surface area contributed by atoms with E-state index in [0.717, 1.165) is 42.6 Å². The summed E-state index contributed by atoms with van der Waals surface area (Å²) in [6, 6.07) is 14.2. The Morgan fingerprint density at radius 2 is 1.65 bits per heavy atom. The monoisotopic (exact) mass is 355 g/mol. The normalized spacial score (nSPS) is 20.2. The fraction of sp³-hybridized carbons (Fsp3) is 0.353. The Balaban J connectivity index is 0.00000132. The van der Waals surface area contributed by atoms with E-state index in [4.69, 9.17) is 0 Å². The van der Waals surface area contributed by atoms with Crippen molar-refractivity contribution >= 4 is 22.4 Å². The molecule has 0 saturated carbocycles. The molecule has 6 heteroatoms. The maximum atomic E-state index is 12.3. The van der Waals surface area contributed by atoms with Crippen LogP contribution in [0.15, 0.2) is 42.5 Å². The van der Waals surface area contributed by atoms with Crippen molar-refractivity contribution in [2.45, 2.75) is 0 Å². The Morgan fingerprint density at radius 3 is 2.39 bits per heavy atom. The van der Waals surface area contributed by atoms with Gasteiger partial charge in [-0.25, -0.2) is 0 Å². The lowest BCUT2D eigenvalue weighted by atomic mass is 10.1. The first-order valence-corrected chi connectivity index (χ1v) is 7.65. The second-order valence-electron chi connectivity index (χ2n) is 5.96. The third kappa shape index (κ3) is 5.08. The smallest absolute Gasteiger partial charge is 0.279 e. The summed E-state index contributed by atoms with van der Waals surface area (Å²) in [5, 5.41) is 5.34. The summed E-state index contributed by atoms with van der Waals surface area (Å²) in [6.07, 6.45) is 0. The molecule has 0 unspecified atom stereocenters. The van der Waals surface area contributed by atoms with E-state index in [0.29, 0.717) is 6.54 Å². The molecule has 0 aromatic heterocycles. The highest BCUT2D eigenvalue weighted by molar-refractivity contribution is 6.02. The fourth-order valence-corrected chi connectivity index (χ4v) is 2.96. The molecule has 1 aliphatic rings. The maximum absolute atomic E-state index is 12.3. The average molecular weight is 356 g/mol. The lowest BCUT2D eigenvalue weighted by Gasteiger charge is -2.26. The molecule has 0 radical (unpaired) electrons. The number of carbonyl (C=O) groups excluding carboxylic acids is 1. The molecule has 3 rings (SSSR count). The fourth-order valence-electron chi connectivity index (χ4n) is 2.96. The van der Waals surface area contributed by atoms with Crippen molar-refractivity contribution in [2.75, 3.05) is 45.1 Å². The number of amides is 1. The van der Waals surface area contributed by atoms with Crippen LogP contribution in [0.4, 0.5) is 5.69 Å². The van der Waals surface area contributed by atoms with Crippen LogP contribution < -0.4 is 39.9 Å². The molecule has 126 valence electrons.